The second kappa shape index (κ2) is 7.67. The van der Waals surface area contributed by atoms with Crippen LogP contribution in [0.2, 0.25) is 0 Å². The lowest BCUT2D eigenvalue weighted by Gasteiger charge is -2.14. The van der Waals surface area contributed by atoms with Crippen LogP contribution in [-0.4, -0.2) is 27.9 Å². The molecule has 3 rings (SSSR count). The summed E-state index contributed by atoms with van der Waals surface area (Å²) in [7, 11) is 0. The van der Waals surface area contributed by atoms with E-state index < -0.39 is 18.4 Å². The molecular formula is C18H12FNO4S2. The van der Waals surface area contributed by atoms with E-state index >= 15 is 0 Å². The average Bonchev–Trinajstić information content (AvgIpc) is 2.88. The summed E-state index contributed by atoms with van der Waals surface area (Å²) < 4.78 is 18.6. The first kappa shape index (κ1) is 18.1. The third kappa shape index (κ3) is 4.09. The first-order valence-electron chi connectivity index (χ1n) is 7.42. The highest BCUT2D eigenvalue weighted by molar-refractivity contribution is 8.27. The number of thioether (sulfide) groups is 1. The zero-order valence-electron chi connectivity index (χ0n) is 13.2. The molecule has 1 N–H and O–H groups in total. The van der Waals surface area contributed by atoms with E-state index in [9.17, 15) is 14.0 Å². The molecule has 0 bridgehead atoms. The van der Waals surface area contributed by atoms with Crippen molar-refractivity contribution in [2.45, 2.75) is 0 Å². The summed E-state index contributed by atoms with van der Waals surface area (Å²) in [5.41, 5.74) is 1.17. The van der Waals surface area contributed by atoms with Crippen molar-refractivity contribution in [1.29, 1.82) is 0 Å². The van der Waals surface area contributed by atoms with Crippen LogP contribution in [0.3, 0.4) is 0 Å². The highest BCUT2D eigenvalue weighted by Gasteiger charge is 2.33. The lowest BCUT2D eigenvalue weighted by molar-refractivity contribution is -0.139. The van der Waals surface area contributed by atoms with Crippen LogP contribution in [0.15, 0.2) is 53.4 Å². The fourth-order valence-corrected chi connectivity index (χ4v) is 3.57. The molecule has 1 fully saturated rings. The topological polar surface area (TPSA) is 66.8 Å². The van der Waals surface area contributed by atoms with Crippen LogP contribution >= 0.6 is 24.0 Å². The zero-order chi connectivity index (χ0) is 18.7. The molecule has 0 unspecified atom stereocenters. The Labute approximate surface area is 158 Å². The van der Waals surface area contributed by atoms with Crippen molar-refractivity contribution >= 4 is 51.9 Å². The lowest BCUT2D eigenvalue weighted by atomic mass is 10.2. The maximum Gasteiger partial charge on any atom is 0.341 e. The molecule has 132 valence electrons. The van der Waals surface area contributed by atoms with Gasteiger partial charge in [0.1, 0.15) is 11.6 Å². The molecular weight excluding hydrogens is 377 g/mol. The Morgan fingerprint density at radius 2 is 2.00 bits per heavy atom. The average molecular weight is 389 g/mol. The number of anilines is 1. The lowest BCUT2D eigenvalue weighted by Crippen LogP contribution is -2.27. The molecule has 5 nitrogen and oxygen atoms in total. The number of thiocarbonyl (C=S) groups is 1. The number of carboxylic acid groups (broad SMARTS) is 1. The van der Waals surface area contributed by atoms with E-state index in [1.54, 1.807) is 30.3 Å². The van der Waals surface area contributed by atoms with Gasteiger partial charge in [0.15, 0.2) is 10.9 Å². The first-order chi connectivity index (χ1) is 12.4. The summed E-state index contributed by atoms with van der Waals surface area (Å²) in [6, 6.07) is 12.2. The van der Waals surface area contributed by atoms with Crippen molar-refractivity contribution in [3.63, 3.8) is 0 Å². The van der Waals surface area contributed by atoms with Crippen LogP contribution < -0.4 is 9.64 Å². The van der Waals surface area contributed by atoms with Crippen molar-refractivity contribution in [3.05, 3.63) is 64.8 Å². The molecule has 1 amide bonds. The zero-order valence-corrected chi connectivity index (χ0v) is 14.8. The van der Waals surface area contributed by atoms with Gasteiger partial charge in [0.05, 0.1) is 10.6 Å². The Bertz CT molecular complexity index is 912. The third-order valence-corrected chi connectivity index (χ3v) is 4.70. The molecule has 1 aliphatic rings. The fraction of sp³-hybridized carbons (Fsp3) is 0.0556. The number of halogens is 1. The Hall–Kier alpha value is -2.71. The van der Waals surface area contributed by atoms with Crippen LogP contribution in [0.25, 0.3) is 6.08 Å². The maximum atomic E-state index is 13.1. The maximum absolute atomic E-state index is 13.1. The molecule has 1 saturated heterocycles. The van der Waals surface area contributed by atoms with E-state index in [1.165, 1.54) is 29.2 Å². The van der Waals surface area contributed by atoms with E-state index in [0.29, 0.717) is 26.2 Å². The van der Waals surface area contributed by atoms with Gasteiger partial charge in [-0.2, -0.15) is 0 Å². The van der Waals surface area contributed by atoms with Crippen LogP contribution in [-0.2, 0) is 9.59 Å². The van der Waals surface area contributed by atoms with Gasteiger partial charge in [-0.25, -0.2) is 9.18 Å². The van der Waals surface area contributed by atoms with E-state index in [0.717, 1.165) is 11.8 Å². The second-order valence-electron chi connectivity index (χ2n) is 5.25. The van der Waals surface area contributed by atoms with Gasteiger partial charge < -0.3 is 9.84 Å². The van der Waals surface area contributed by atoms with Gasteiger partial charge in [-0.05, 0) is 48.0 Å². The summed E-state index contributed by atoms with van der Waals surface area (Å²) in [4.78, 5) is 25.0. The number of amides is 1. The highest BCUT2D eigenvalue weighted by atomic mass is 32.2. The number of hydrogen-bond acceptors (Lipinski definition) is 5. The summed E-state index contributed by atoms with van der Waals surface area (Å²) in [5.74, 6) is -1.39. The number of nitrogens with zero attached hydrogens (tertiary/aromatic N) is 1. The van der Waals surface area contributed by atoms with Gasteiger partial charge in [0, 0.05) is 0 Å². The minimum atomic E-state index is -1.07. The molecule has 1 aliphatic heterocycles. The number of ether oxygens (including phenoxy) is 1. The van der Waals surface area contributed by atoms with Crippen LogP contribution in [0.5, 0.6) is 5.75 Å². The van der Waals surface area contributed by atoms with Crippen molar-refractivity contribution in [3.8, 4) is 5.75 Å². The minimum Gasteiger partial charge on any atom is -0.482 e. The summed E-state index contributed by atoms with van der Waals surface area (Å²) in [5, 5.41) is 8.66. The van der Waals surface area contributed by atoms with Crippen molar-refractivity contribution < 1.29 is 23.8 Å². The molecule has 0 aliphatic carbocycles. The van der Waals surface area contributed by atoms with Gasteiger partial charge in [0.2, 0.25) is 0 Å². The molecule has 0 atom stereocenters. The Morgan fingerprint density at radius 3 is 2.69 bits per heavy atom. The van der Waals surface area contributed by atoms with Gasteiger partial charge in [-0.3, -0.25) is 9.69 Å². The van der Waals surface area contributed by atoms with E-state index in [4.69, 9.17) is 22.1 Å². The number of aliphatic carboxylic acids is 1. The Morgan fingerprint density at radius 1 is 1.27 bits per heavy atom. The molecule has 8 heteroatoms. The summed E-state index contributed by atoms with van der Waals surface area (Å²) in [6.07, 6.45) is 1.65. The number of hydrogen-bond donors (Lipinski definition) is 1. The molecule has 0 spiro atoms. The molecule has 0 aromatic heterocycles. The molecule has 26 heavy (non-hydrogen) atoms. The monoisotopic (exact) mass is 389 g/mol. The SMILES string of the molecule is O=C(O)COc1cccc(/C=C2\SC(=S)N(c3ccc(F)cc3)C2=O)c1. The summed E-state index contributed by atoms with van der Waals surface area (Å²) >= 11 is 6.41. The Balaban J connectivity index is 1.82. The van der Waals surface area contributed by atoms with Crippen LogP contribution in [0.4, 0.5) is 10.1 Å². The quantitative estimate of drug-likeness (QED) is 0.621. The highest BCUT2D eigenvalue weighted by Crippen LogP contribution is 2.36. The molecule has 1 heterocycles. The largest absolute Gasteiger partial charge is 0.482 e. The van der Waals surface area contributed by atoms with E-state index in [-0.39, 0.29) is 5.91 Å². The number of benzene rings is 2. The van der Waals surface area contributed by atoms with Crippen molar-refractivity contribution in [2.75, 3.05) is 11.5 Å². The van der Waals surface area contributed by atoms with Crippen LogP contribution in [0, 0.1) is 5.82 Å². The Kier molecular flexibility index (Phi) is 5.34. The third-order valence-electron chi connectivity index (χ3n) is 3.40. The van der Waals surface area contributed by atoms with E-state index in [2.05, 4.69) is 0 Å². The second-order valence-corrected chi connectivity index (χ2v) is 6.92. The number of carbonyl (C=O) groups is 2. The van der Waals surface area contributed by atoms with E-state index in [1.807, 2.05) is 0 Å². The van der Waals surface area contributed by atoms with Gasteiger partial charge in [-0.1, -0.05) is 36.1 Å². The normalized spacial score (nSPS) is 15.6. The van der Waals surface area contributed by atoms with Gasteiger partial charge >= 0.3 is 5.97 Å². The first-order valence-corrected chi connectivity index (χ1v) is 8.65. The number of carboxylic acids is 1. The summed E-state index contributed by atoms with van der Waals surface area (Å²) in [6.45, 7) is -0.448. The predicted molar refractivity (Wildman–Crippen MR) is 102 cm³/mol. The predicted octanol–water partition coefficient (Wildman–Crippen LogP) is 3.69. The van der Waals surface area contributed by atoms with Gasteiger partial charge in [0.25, 0.3) is 5.91 Å². The molecule has 2 aromatic rings. The minimum absolute atomic E-state index is 0.302. The van der Waals surface area contributed by atoms with Gasteiger partial charge in [-0.15, -0.1) is 0 Å². The molecule has 2 aromatic carbocycles. The fourth-order valence-electron chi connectivity index (χ4n) is 2.27. The number of rotatable bonds is 5. The molecule has 0 saturated carbocycles. The number of carbonyl (C=O) groups excluding carboxylic acids is 1. The van der Waals surface area contributed by atoms with Crippen LogP contribution in [0.1, 0.15) is 5.56 Å². The molecule has 0 radical (unpaired) electrons. The van der Waals surface area contributed by atoms with Crippen molar-refractivity contribution in [1.82, 2.24) is 0 Å². The standard InChI is InChI=1S/C18H12FNO4S2/c19-12-4-6-13(7-5-12)20-17(23)15(26-18(20)25)9-11-2-1-3-14(8-11)24-10-16(21)22/h1-9H,10H2,(H,21,22)/b15-9-. The smallest absolute Gasteiger partial charge is 0.341 e. The van der Waals surface area contributed by atoms with Crippen molar-refractivity contribution in [2.24, 2.45) is 0 Å².